The van der Waals surface area contributed by atoms with E-state index < -0.39 is 16.0 Å². The number of esters is 1. The number of nitrogens with two attached hydrogens (primary N) is 1. The molecule has 0 atom stereocenters. The molecule has 0 amide bonds. The number of hydrogen-bond donors (Lipinski definition) is 1. The Morgan fingerprint density at radius 1 is 1.32 bits per heavy atom. The maximum absolute atomic E-state index is 11.9. The highest BCUT2D eigenvalue weighted by Crippen LogP contribution is 2.32. The highest BCUT2D eigenvalue weighted by atomic mass is 35.5. The quantitative estimate of drug-likeness (QED) is 0.865. The fourth-order valence-electron chi connectivity index (χ4n) is 1.64. The van der Waals surface area contributed by atoms with Gasteiger partial charge in [0, 0.05) is 0 Å². The number of benzene rings is 1. The molecule has 0 saturated heterocycles. The molecule has 104 valence electrons. The number of halogens is 2. The van der Waals surface area contributed by atoms with E-state index >= 15 is 0 Å². The molecule has 2 N–H and O–H groups in total. The van der Waals surface area contributed by atoms with E-state index in [9.17, 15) is 13.2 Å². The van der Waals surface area contributed by atoms with Crippen molar-refractivity contribution in [3.63, 3.8) is 0 Å². The third kappa shape index (κ3) is 3.02. The molecule has 0 spiro atoms. The molecule has 0 radical (unpaired) electrons. The van der Waals surface area contributed by atoms with E-state index in [1.165, 1.54) is 6.07 Å². The Morgan fingerprint density at radius 2 is 1.95 bits per heavy atom. The lowest BCUT2D eigenvalue weighted by atomic mass is 9.96. The van der Waals surface area contributed by atoms with Gasteiger partial charge in [-0.25, -0.2) is 18.4 Å². The van der Waals surface area contributed by atoms with Gasteiger partial charge in [-0.2, -0.15) is 0 Å². The van der Waals surface area contributed by atoms with Crippen molar-refractivity contribution in [2.75, 3.05) is 0 Å². The third-order valence-electron chi connectivity index (χ3n) is 2.89. The van der Waals surface area contributed by atoms with Crippen molar-refractivity contribution in [2.45, 2.75) is 30.3 Å². The number of primary sulfonamides is 1. The first-order valence-electron chi connectivity index (χ1n) is 5.52. The fraction of sp³-hybridized carbons (Fsp3) is 0.364. The van der Waals surface area contributed by atoms with E-state index in [1.807, 2.05) is 0 Å². The molecule has 0 aliphatic heterocycles. The van der Waals surface area contributed by atoms with E-state index in [-0.39, 0.29) is 26.6 Å². The minimum atomic E-state index is -4.02. The lowest BCUT2D eigenvalue weighted by Gasteiger charge is -2.25. The van der Waals surface area contributed by atoms with Crippen LogP contribution < -0.4 is 5.14 Å². The Morgan fingerprint density at radius 3 is 2.42 bits per heavy atom. The topological polar surface area (TPSA) is 86.5 Å². The van der Waals surface area contributed by atoms with Gasteiger partial charge in [0.1, 0.15) is 11.0 Å². The van der Waals surface area contributed by atoms with Crippen molar-refractivity contribution in [1.29, 1.82) is 0 Å². The molecular formula is C11H11Cl2NO4S. The fourth-order valence-corrected chi connectivity index (χ4v) is 3.10. The zero-order valence-corrected chi connectivity index (χ0v) is 12.1. The van der Waals surface area contributed by atoms with Crippen LogP contribution in [0.5, 0.6) is 0 Å². The van der Waals surface area contributed by atoms with Crippen molar-refractivity contribution in [1.82, 2.24) is 0 Å². The molecule has 2 rings (SSSR count). The van der Waals surface area contributed by atoms with Crippen molar-refractivity contribution in [3.8, 4) is 0 Å². The van der Waals surface area contributed by atoms with Crippen LogP contribution in [0.2, 0.25) is 10.0 Å². The largest absolute Gasteiger partial charge is 0.459 e. The first-order chi connectivity index (χ1) is 8.80. The van der Waals surface area contributed by atoms with Crippen LogP contribution in [0.1, 0.15) is 29.6 Å². The van der Waals surface area contributed by atoms with Crippen LogP contribution in [0, 0.1) is 0 Å². The van der Waals surface area contributed by atoms with Crippen LogP contribution in [0.15, 0.2) is 17.0 Å². The molecule has 0 bridgehead atoms. The molecule has 0 heterocycles. The summed E-state index contributed by atoms with van der Waals surface area (Å²) in [5.74, 6) is -0.731. The van der Waals surface area contributed by atoms with Crippen molar-refractivity contribution < 1.29 is 17.9 Å². The second kappa shape index (κ2) is 5.28. The van der Waals surface area contributed by atoms with E-state index in [0.29, 0.717) is 0 Å². The van der Waals surface area contributed by atoms with Gasteiger partial charge >= 0.3 is 5.97 Å². The third-order valence-corrected chi connectivity index (χ3v) is 4.67. The maximum atomic E-state index is 11.9. The first-order valence-corrected chi connectivity index (χ1v) is 7.82. The van der Waals surface area contributed by atoms with Crippen LogP contribution in [-0.2, 0) is 14.8 Å². The Labute approximate surface area is 120 Å². The molecule has 0 unspecified atom stereocenters. The second-order valence-electron chi connectivity index (χ2n) is 4.24. The predicted octanol–water partition coefficient (Wildman–Crippen LogP) is 2.35. The Bertz CT molecular complexity index is 626. The monoisotopic (exact) mass is 323 g/mol. The van der Waals surface area contributed by atoms with Gasteiger partial charge in [0.05, 0.1) is 15.6 Å². The molecule has 1 saturated carbocycles. The zero-order chi connectivity index (χ0) is 14.2. The summed E-state index contributed by atoms with van der Waals surface area (Å²) in [5, 5.41) is 4.73. The molecule has 1 aromatic rings. The Hall–Kier alpha value is -0.820. The predicted molar refractivity (Wildman–Crippen MR) is 70.9 cm³/mol. The van der Waals surface area contributed by atoms with Gasteiger partial charge < -0.3 is 4.74 Å². The molecule has 1 aliphatic carbocycles. The number of sulfonamides is 1. The number of rotatable bonds is 3. The van der Waals surface area contributed by atoms with Crippen LogP contribution in [0.25, 0.3) is 0 Å². The summed E-state index contributed by atoms with van der Waals surface area (Å²) in [7, 11) is -4.02. The van der Waals surface area contributed by atoms with Gasteiger partial charge in [0.2, 0.25) is 10.0 Å². The standard InChI is InChI=1S/C11H11Cl2NO4S/c12-7-4-5-8(19(14,16)17)10(13)9(7)11(15)18-6-2-1-3-6/h4-6H,1-3H2,(H2,14,16,17). The molecular weight excluding hydrogens is 313 g/mol. The molecule has 5 nitrogen and oxygen atoms in total. The lowest BCUT2D eigenvalue weighted by molar-refractivity contribution is 0.00902. The van der Waals surface area contributed by atoms with E-state index in [2.05, 4.69) is 0 Å². The van der Waals surface area contributed by atoms with E-state index in [4.69, 9.17) is 33.1 Å². The van der Waals surface area contributed by atoms with Crippen LogP contribution in [-0.4, -0.2) is 20.5 Å². The molecule has 0 aromatic heterocycles. The van der Waals surface area contributed by atoms with Gasteiger partial charge in [-0.3, -0.25) is 0 Å². The van der Waals surface area contributed by atoms with Crippen LogP contribution in [0.3, 0.4) is 0 Å². The highest BCUT2D eigenvalue weighted by molar-refractivity contribution is 7.89. The molecule has 1 aliphatic rings. The van der Waals surface area contributed by atoms with Gasteiger partial charge in [-0.05, 0) is 31.4 Å². The summed E-state index contributed by atoms with van der Waals surface area (Å²) < 4.78 is 27.8. The van der Waals surface area contributed by atoms with Gasteiger partial charge in [-0.1, -0.05) is 23.2 Å². The van der Waals surface area contributed by atoms with Gasteiger partial charge in [0.25, 0.3) is 0 Å². The molecule has 8 heteroatoms. The molecule has 1 fully saturated rings. The lowest BCUT2D eigenvalue weighted by Crippen LogP contribution is -2.25. The summed E-state index contributed by atoms with van der Waals surface area (Å²) in [6.07, 6.45) is 2.42. The van der Waals surface area contributed by atoms with Crippen LogP contribution in [0.4, 0.5) is 0 Å². The minimum Gasteiger partial charge on any atom is -0.459 e. The number of carbonyl (C=O) groups is 1. The normalized spacial score (nSPS) is 15.9. The summed E-state index contributed by atoms with van der Waals surface area (Å²) in [4.78, 5) is 11.6. The zero-order valence-electron chi connectivity index (χ0n) is 9.73. The smallest absolute Gasteiger partial charge is 0.341 e. The van der Waals surface area contributed by atoms with Gasteiger partial charge in [-0.15, -0.1) is 0 Å². The first kappa shape index (κ1) is 14.6. The average molecular weight is 324 g/mol. The summed E-state index contributed by atoms with van der Waals surface area (Å²) in [5.41, 5.74) is -0.165. The minimum absolute atomic E-state index is 0.0294. The van der Waals surface area contributed by atoms with Crippen molar-refractivity contribution >= 4 is 39.2 Å². The second-order valence-corrected chi connectivity index (χ2v) is 6.55. The number of carbonyl (C=O) groups excluding carboxylic acids is 1. The van der Waals surface area contributed by atoms with E-state index in [1.54, 1.807) is 0 Å². The summed E-state index contributed by atoms with van der Waals surface area (Å²) >= 11 is 11.8. The number of hydrogen-bond acceptors (Lipinski definition) is 4. The van der Waals surface area contributed by atoms with Gasteiger partial charge in [0.15, 0.2) is 0 Å². The highest BCUT2D eigenvalue weighted by Gasteiger charge is 2.27. The van der Waals surface area contributed by atoms with Crippen LogP contribution >= 0.6 is 23.2 Å². The maximum Gasteiger partial charge on any atom is 0.341 e. The van der Waals surface area contributed by atoms with E-state index in [0.717, 1.165) is 25.3 Å². The SMILES string of the molecule is NS(=O)(=O)c1ccc(Cl)c(C(=O)OC2CCC2)c1Cl. The summed E-state index contributed by atoms with van der Waals surface area (Å²) in [6.45, 7) is 0. The Balaban J connectivity index is 2.41. The van der Waals surface area contributed by atoms with Crippen molar-refractivity contribution in [3.05, 3.63) is 27.7 Å². The molecule has 1 aromatic carbocycles. The Kier molecular flexibility index (Phi) is 4.06. The number of ether oxygens (including phenoxy) is 1. The molecule has 19 heavy (non-hydrogen) atoms. The summed E-state index contributed by atoms with van der Waals surface area (Å²) in [6, 6.07) is 2.41. The van der Waals surface area contributed by atoms with Crippen molar-refractivity contribution in [2.24, 2.45) is 5.14 Å². The average Bonchev–Trinajstić information content (AvgIpc) is 2.21.